The van der Waals surface area contributed by atoms with Crippen LogP contribution in [0.5, 0.6) is 11.5 Å². The molecule has 2 N–H and O–H groups in total. The molecule has 0 atom stereocenters. The van der Waals surface area contributed by atoms with Gasteiger partial charge in [0.2, 0.25) is 0 Å². The van der Waals surface area contributed by atoms with Gasteiger partial charge in [0.1, 0.15) is 11.5 Å². The number of hydrogen-bond acceptors (Lipinski definition) is 4. The van der Waals surface area contributed by atoms with Crippen LogP contribution in [0.25, 0.3) is 11.1 Å². The van der Waals surface area contributed by atoms with E-state index in [0.29, 0.717) is 33.9 Å². The van der Waals surface area contributed by atoms with Crippen LogP contribution in [0.1, 0.15) is 15.9 Å². The van der Waals surface area contributed by atoms with Gasteiger partial charge in [-0.2, -0.15) is 0 Å². The summed E-state index contributed by atoms with van der Waals surface area (Å²) in [4.78, 5) is 13.0. The molecule has 0 spiro atoms. The number of ketones is 1. The minimum atomic E-state index is -0.185. The third-order valence-electron chi connectivity index (χ3n) is 4.03. The summed E-state index contributed by atoms with van der Waals surface area (Å²) >= 11 is 0. The molecule has 0 saturated carbocycles. The number of ether oxygens (including phenoxy) is 2. The number of benzene rings is 3. The summed E-state index contributed by atoms with van der Waals surface area (Å²) in [6, 6.07) is 20.3. The number of nitrogens with two attached hydrogens (primary N) is 1. The van der Waals surface area contributed by atoms with E-state index in [2.05, 4.69) is 0 Å². The molecular weight excluding hydrogens is 314 g/mol. The Bertz CT molecular complexity index is 890. The van der Waals surface area contributed by atoms with Crippen LogP contribution >= 0.6 is 0 Å². The predicted molar refractivity (Wildman–Crippen MR) is 99.3 cm³/mol. The summed E-state index contributed by atoms with van der Waals surface area (Å²) in [5.74, 6) is 0.789. The highest BCUT2D eigenvalue weighted by atomic mass is 16.5. The van der Waals surface area contributed by atoms with Gasteiger partial charge in [0.15, 0.2) is 5.78 Å². The molecule has 0 heterocycles. The van der Waals surface area contributed by atoms with Gasteiger partial charge >= 0.3 is 0 Å². The molecule has 0 aromatic heterocycles. The van der Waals surface area contributed by atoms with E-state index in [-0.39, 0.29) is 5.78 Å². The van der Waals surface area contributed by atoms with Gasteiger partial charge in [-0.15, -0.1) is 0 Å². The summed E-state index contributed by atoms with van der Waals surface area (Å²) < 4.78 is 11.1. The largest absolute Gasteiger partial charge is 0.496 e. The Hall–Kier alpha value is -3.27. The zero-order valence-electron chi connectivity index (χ0n) is 14.2. The Labute approximate surface area is 146 Å². The first-order valence-electron chi connectivity index (χ1n) is 7.87. The Morgan fingerprint density at radius 2 is 1.48 bits per heavy atom. The monoisotopic (exact) mass is 333 g/mol. The van der Waals surface area contributed by atoms with Crippen LogP contribution in [0.3, 0.4) is 0 Å². The van der Waals surface area contributed by atoms with Crippen molar-refractivity contribution in [1.82, 2.24) is 0 Å². The van der Waals surface area contributed by atoms with E-state index in [4.69, 9.17) is 15.2 Å². The predicted octanol–water partition coefficient (Wildman–Crippen LogP) is 4.18. The molecule has 4 heteroatoms. The number of carbonyl (C=O) groups excluding carboxylic acids is 1. The van der Waals surface area contributed by atoms with Crippen molar-refractivity contribution in [2.45, 2.75) is 0 Å². The van der Waals surface area contributed by atoms with Crippen molar-refractivity contribution < 1.29 is 14.3 Å². The van der Waals surface area contributed by atoms with Gasteiger partial charge in [-0.3, -0.25) is 4.79 Å². The van der Waals surface area contributed by atoms with Gasteiger partial charge in [0, 0.05) is 11.6 Å². The minimum Gasteiger partial charge on any atom is -0.496 e. The van der Waals surface area contributed by atoms with E-state index in [1.807, 2.05) is 48.5 Å². The lowest BCUT2D eigenvalue weighted by atomic mass is 9.94. The van der Waals surface area contributed by atoms with E-state index < -0.39 is 0 Å². The zero-order chi connectivity index (χ0) is 17.8. The molecule has 3 aromatic rings. The number of anilines is 1. The molecule has 0 radical (unpaired) electrons. The Balaban J connectivity index is 2.28. The van der Waals surface area contributed by atoms with Crippen molar-refractivity contribution >= 4 is 11.5 Å². The molecule has 3 rings (SSSR count). The number of methoxy groups -OCH3 is 2. The van der Waals surface area contributed by atoms with E-state index in [1.165, 1.54) is 7.11 Å². The molecule has 126 valence electrons. The number of carbonyl (C=O) groups is 1. The molecular formula is C21H19NO3. The average Bonchev–Trinajstić information content (AvgIpc) is 2.67. The van der Waals surface area contributed by atoms with Crippen molar-refractivity contribution in [1.29, 1.82) is 0 Å². The fourth-order valence-corrected chi connectivity index (χ4v) is 2.86. The summed E-state index contributed by atoms with van der Waals surface area (Å²) in [7, 11) is 3.10. The topological polar surface area (TPSA) is 61.5 Å². The van der Waals surface area contributed by atoms with Gasteiger partial charge in [-0.05, 0) is 5.56 Å². The molecule has 0 aliphatic heterocycles. The minimum absolute atomic E-state index is 0.185. The van der Waals surface area contributed by atoms with Crippen LogP contribution < -0.4 is 15.2 Å². The quantitative estimate of drug-likeness (QED) is 0.562. The Morgan fingerprint density at radius 1 is 0.880 bits per heavy atom. The number of rotatable bonds is 5. The molecule has 4 nitrogen and oxygen atoms in total. The van der Waals surface area contributed by atoms with E-state index in [0.717, 1.165) is 5.56 Å². The molecule has 0 saturated heterocycles. The second-order valence-electron chi connectivity index (χ2n) is 5.51. The molecule has 3 aromatic carbocycles. The summed E-state index contributed by atoms with van der Waals surface area (Å²) in [5.41, 5.74) is 8.99. The van der Waals surface area contributed by atoms with Gasteiger partial charge < -0.3 is 15.2 Å². The maximum absolute atomic E-state index is 13.0. The maximum atomic E-state index is 13.0. The highest BCUT2D eigenvalue weighted by molar-refractivity contribution is 6.15. The summed E-state index contributed by atoms with van der Waals surface area (Å²) in [6.07, 6.45) is 0. The van der Waals surface area contributed by atoms with Gasteiger partial charge in [-0.25, -0.2) is 0 Å². The summed E-state index contributed by atoms with van der Waals surface area (Å²) in [6.45, 7) is 0. The smallest absolute Gasteiger partial charge is 0.198 e. The maximum Gasteiger partial charge on any atom is 0.198 e. The van der Waals surface area contributed by atoms with Crippen molar-refractivity contribution in [3.05, 3.63) is 77.9 Å². The van der Waals surface area contributed by atoms with Gasteiger partial charge in [-0.1, -0.05) is 60.7 Å². The van der Waals surface area contributed by atoms with Crippen LogP contribution in [0.4, 0.5) is 5.69 Å². The van der Waals surface area contributed by atoms with Crippen LogP contribution in [0.2, 0.25) is 0 Å². The van der Waals surface area contributed by atoms with Crippen molar-refractivity contribution in [3.8, 4) is 22.6 Å². The van der Waals surface area contributed by atoms with Crippen LogP contribution in [-0.4, -0.2) is 20.0 Å². The highest BCUT2D eigenvalue weighted by Gasteiger charge is 2.25. The fraction of sp³-hybridized carbons (Fsp3) is 0.0952. The number of nitrogen functional groups attached to an aromatic ring is 1. The molecule has 0 fully saturated rings. The zero-order valence-corrected chi connectivity index (χ0v) is 14.2. The van der Waals surface area contributed by atoms with Gasteiger partial charge in [0.05, 0.1) is 31.0 Å². The van der Waals surface area contributed by atoms with E-state index in [1.54, 1.807) is 25.3 Å². The lowest BCUT2D eigenvalue weighted by Gasteiger charge is -2.19. The first kappa shape index (κ1) is 16.6. The van der Waals surface area contributed by atoms with Crippen LogP contribution in [0.15, 0.2) is 66.7 Å². The number of hydrogen-bond donors (Lipinski definition) is 1. The highest BCUT2D eigenvalue weighted by Crippen LogP contribution is 2.44. The summed E-state index contributed by atoms with van der Waals surface area (Å²) in [5, 5.41) is 0. The lowest BCUT2D eigenvalue weighted by molar-refractivity contribution is 0.103. The van der Waals surface area contributed by atoms with Crippen molar-refractivity contribution in [2.75, 3.05) is 20.0 Å². The van der Waals surface area contributed by atoms with E-state index in [9.17, 15) is 4.79 Å². The SMILES string of the molecule is COc1cc(N)c(C(=O)c2ccccc2)c(OC)c1-c1ccccc1. The average molecular weight is 333 g/mol. The van der Waals surface area contributed by atoms with Gasteiger partial charge in [0.25, 0.3) is 0 Å². The molecule has 0 amide bonds. The van der Waals surface area contributed by atoms with E-state index >= 15 is 0 Å². The third-order valence-corrected chi connectivity index (χ3v) is 4.03. The lowest BCUT2D eigenvalue weighted by Crippen LogP contribution is -2.09. The molecule has 0 aliphatic rings. The van der Waals surface area contributed by atoms with Crippen LogP contribution in [0, 0.1) is 0 Å². The second kappa shape index (κ2) is 7.09. The standard InChI is InChI=1S/C21H19NO3/c1-24-17-13-16(22)19(20(23)15-11-7-4-8-12-15)21(25-2)18(17)14-9-5-3-6-10-14/h3-13H,22H2,1-2H3. The fourth-order valence-electron chi connectivity index (χ4n) is 2.86. The third kappa shape index (κ3) is 3.06. The molecule has 0 aliphatic carbocycles. The Morgan fingerprint density at radius 3 is 2.04 bits per heavy atom. The molecule has 0 unspecified atom stereocenters. The van der Waals surface area contributed by atoms with Crippen molar-refractivity contribution in [2.24, 2.45) is 0 Å². The second-order valence-corrected chi connectivity index (χ2v) is 5.51. The van der Waals surface area contributed by atoms with Crippen LogP contribution in [-0.2, 0) is 0 Å². The normalized spacial score (nSPS) is 10.3. The first-order chi connectivity index (χ1) is 12.2. The van der Waals surface area contributed by atoms with Crippen molar-refractivity contribution in [3.63, 3.8) is 0 Å². The molecule has 0 bridgehead atoms. The Kier molecular flexibility index (Phi) is 4.70. The molecule has 25 heavy (non-hydrogen) atoms. The first-order valence-corrected chi connectivity index (χ1v) is 7.87.